The van der Waals surface area contributed by atoms with Crippen molar-refractivity contribution in [1.29, 1.82) is 5.26 Å². The average Bonchev–Trinajstić information content (AvgIpc) is 2.76. The van der Waals surface area contributed by atoms with Crippen LogP contribution >= 0.6 is 0 Å². The van der Waals surface area contributed by atoms with E-state index in [0.29, 0.717) is 11.5 Å². The Morgan fingerprint density at radius 2 is 1.72 bits per heavy atom. The number of rotatable bonds is 5. The van der Waals surface area contributed by atoms with Gasteiger partial charge < -0.3 is 0 Å². The van der Waals surface area contributed by atoms with Crippen LogP contribution in [0, 0.1) is 52.7 Å². The van der Waals surface area contributed by atoms with E-state index in [1.807, 2.05) is 12.1 Å². The topological polar surface area (TPSA) is 23.8 Å². The smallest absolute Gasteiger partial charge is 0.142 e. The lowest BCUT2D eigenvalue weighted by atomic mass is 9.68. The Morgan fingerprint density at radius 1 is 1.03 bits per heavy atom. The molecule has 1 aromatic carbocycles. The van der Waals surface area contributed by atoms with E-state index >= 15 is 0 Å². The summed E-state index contributed by atoms with van der Waals surface area (Å²) in [4.78, 5) is 0. The summed E-state index contributed by atoms with van der Waals surface area (Å²) in [5, 5.41) is 8.77. The van der Waals surface area contributed by atoms with Crippen LogP contribution in [-0.4, -0.2) is 0 Å². The van der Waals surface area contributed by atoms with Crippen molar-refractivity contribution in [3.8, 4) is 17.9 Å². The molecule has 3 rings (SSSR count). The van der Waals surface area contributed by atoms with E-state index in [1.54, 1.807) is 6.07 Å². The summed E-state index contributed by atoms with van der Waals surface area (Å²) in [6.45, 7) is 2.30. The molecule has 0 saturated heterocycles. The third kappa shape index (κ3) is 6.47. The van der Waals surface area contributed by atoms with Gasteiger partial charge in [-0.1, -0.05) is 56.9 Å². The van der Waals surface area contributed by atoms with E-state index in [4.69, 9.17) is 5.26 Å². The van der Waals surface area contributed by atoms with Gasteiger partial charge in [-0.2, -0.15) is 5.26 Å². The molecule has 2 aliphatic rings. The summed E-state index contributed by atoms with van der Waals surface area (Å²) in [5.74, 6) is 9.07. The molecule has 2 saturated carbocycles. The molecule has 0 N–H and O–H groups in total. The fraction of sp³-hybridized carbons (Fsp3) is 0.593. The van der Waals surface area contributed by atoms with Crippen LogP contribution in [0.4, 0.5) is 4.39 Å². The lowest BCUT2D eigenvalue weighted by molar-refractivity contribution is 0.152. The minimum Gasteiger partial charge on any atom is -0.206 e. The first-order chi connectivity index (χ1) is 14.2. The normalized spacial score (nSPS) is 27.2. The molecule has 0 bridgehead atoms. The predicted molar refractivity (Wildman–Crippen MR) is 118 cm³/mol. The Labute approximate surface area is 176 Å². The third-order valence-corrected chi connectivity index (χ3v) is 7.10. The molecule has 2 fully saturated rings. The SMILES string of the molecule is CCCCC1CCC(C2CCC(/C=C/C#Cc3ccc(C#N)c(F)c3)CC2)CC1. The summed E-state index contributed by atoms with van der Waals surface area (Å²) < 4.78 is 13.6. The van der Waals surface area contributed by atoms with Crippen LogP contribution in [0.25, 0.3) is 0 Å². The maximum Gasteiger partial charge on any atom is 0.142 e. The Bertz CT molecular complexity index is 775. The van der Waals surface area contributed by atoms with Crippen molar-refractivity contribution >= 4 is 0 Å². The van der Waals surface area contributed by atoms with Crippen LogP contribution in [0.5, 0.6) is 0 Å². The van der Waals surface area contributed by atoms with Crippen LogP contribution in [-0.2, 0) is 0 Å². The Morgan fingerprint density at radius 3 is 2.34 bits per heavy atom. The van der Waals surface area contributed by atoms with Crippen LogP contribution in [0.3, 0.4) is 0 Å². The van der Waals surface area contributed by atoms with E-state index in [0.717, 1.165) is 17.8 Å². The monoisotopic (exact) mass is 391 g/mol. The largest absolute Gasteiger partial charge is 0.206 e. The second-order valence-corrected chi connectivity index (χ2v) is 9.03. The quantitative estimate of drug-likeness (QED) is 0.479. The van der Waals surface area contributed by atoms with Gasteiger partial charge in [0.2, 0.25) is 0 Å². The molecule has 0 spiro atoms. The first kappa shape index (κ1) is 21.6. The van der Waals surface area contributed by atoms with E-state index in [2.05, 4.69) is 24.8 Å². The number of hydrogen-bond acceptors (Lipinski definition) is 1. The molecule has 0 aromatic heterocycles. The Hall–Kier alpha value is -2.06. The number of hydrogen-bond donors (Lipinski definition) is 0. The van der Waals surface area contributed by atoms with E-state index in [9.17, 15) is 4.39 Å². The van der Waals surface area contributed by atoms with Crippen molar-refractivity contribution in [3.05, 3.63) is 47.3 Å². The van der Waals surface area contributed by atoms with Crippen LogP contribution in [0.2, 0.25) is 0 Å². The highest BCUT2D eigenvalue weighted by molar-refractivity contribution is 5.42. The maximum absolute atomic E-state index is 13.6. The summed E-state index contributed by atoms with van der Waals surface area (Å²) in [6, 6.07) is 6.35. The number of unbranched alkanes of at least 4 members (excludes halogenated alkanes) is 1. The van der Waals surface area contributed by atoms with Gasteiger partial charge in [0, 0.05) is 5.56 Å². The number of nitrogens with zero attached hydrogens (tertiary/aromatic N) is 1. The molecule has 0 radical (unpaired) electrons. The van der Waals surface area contributed by atoms with Gasteiger partial charge in [0.05, 0.1) is 5.56 Å². The second kappa shape index (κ2) is 11.2. The lowest BCUT2D eigenvalue weighted by Gasteiger charge is -2.37. The molecular weight excluding hydrogens is 357 g/mol. The van der Waals surface area contributed by atoms with Gasteiger partial charge in [-0.25, -0.2) is 4.39 Å². The number of halogens is 1. The second-order valence-electron chi connectivity index (χ2n) is 9.03. The summed E-state index contributed by atoms with van der Waals surface area (Å²) in [7, 11) is 0. The van der Waals surface area contributed by atoms with Crippen molar-refractivity contribution < 1.29 is 4.39 Å². The number of nitriles is 1. The highest BCUT2D eigenvalue weighted by Crippen LogP contribution is 2.42. The molecule has 0 atom stereocenters. The van der Waals surface area contributed by atoms with E-state index in [-0.39, 0.29) is 5.56 Å². The molecule has 2 heteroatoms. The van der Waals surface area contributed by atoms with Gasteiger partial charge in [-0.15, -0.1) is 0 Å². The van der Waals surface area contributed by atoms with Gasteiger partial charge in [-0.05, 0) is 86.5 Å². The third-order valence-electron chi connectivity index (χ3n) is 7.10. The lowest BCUT2D eigenvalue weighted by Crippen LogP contribution is -2.25. The molecule has 0 unspecified atom stereocenters. The van der Waals surface area contributed by atoms with Gasteiger partial charge in [0.1, 0.15) is 11.9 Å². The van der Waals surface area contributed by atoms with Gasteiger partial charge >= 0.3 is 0 Å². The van der Waals surface area contributed by atoms with Crippen molar-refractivity contribution in [2.24, 2.45) is 23.7 Å². The zero-order chi connectivity index (χ0) is 20.5. The fourth-order valence-electron chi connectivity index (χ4n) is 5.24. The summed E-state index contributed by atoms with van der Waals surface area (Å²) >= 11 is 0. The minimum absolute atomic E-state index is 0.0669. The van der Waals surface area contributed by atoms with E-state index < -0.39 is 5.82 Å². The van der Waals surface area contributed by atoms with E-state index in [1.165, 1.54) is 82.8 Å². The van der Waals surface area contributed by atoms with Gasteiger partial charge in [-0.3, -0.25) is 0 Å². The first-order valence-corrected chi connectivity index (χ1v) is 11.6. The zero-order valence-electron chi connectivity index (χ0n) is 17.8. The van der Waals surface area contributed by atoms with Crippen molar-refractivity contribution in [1.82, 2.24) is 0 Å². The molecule has 29 heavy (non-hydrogen) atoms. The Kier molecular flexibility index (Phi) is 8.37. The van der Waals surface area contributed by atoms with Gasteiger partial charge in [0.15, 0.2) is 0 Å². The van der Waals surface area contributed by atoms with Gasteiger partial charge in [0.25, 0.3) is 0 Å². The minimum atomic E-state index is -0.499. The predicted octanol–water partition coefficient (Wildman–Crippen LogP) is 7.41. The molecule has 1 nitrogen and oxygen atoms in total. The average molecular weight is 392 g/mol. The van der Waals surface area contributed by atoms with Crippen LogP contribution < -0.4 is 0 Å². The number of benzene rings is 1. The highest BCUT2D eigenvalue weighted by atomic mass is 19.1. The highest BCUT2D eigenvalue weighted by Gasteiger charge is 2.30. The maximum atomic E-state index is 13.6. The molecule has 0 heterocycles. The molecular formula is C27H34FN. The van der Waals surface area contributed by atoms with Crippen LogP contribution in [0.15, 0.2) is 30.4 Å². The van der Waals surface area contributed by atoms with Crippen molar-refractivity contribution in [2.75, 3.05) is 0 Å². The number of allylic oxidation sites excluding steroid dienone is 2. The molecule has 0 amide bonds. The van der Waals surface area contributed by atoms with Crippen LogP contribution in [0.1, 0.15) is 88.7 Å². The molecule has 1 aromatic rings. The summed E-state index contributed by atoms with van der Waals surface area (Å²) in [5.41, 5.74) is 0.682. The first-order valence-electron chi connectivity index (χ1n) is 11.6. The van der Waals surface area contributed by atoms with Crippen molar-refractivity contribution in [2.45, 2.75) is 77.6 Å². The fourth-order valence-corrected chi connectivity index (χ4v) is 5.24. The standard InChI is InChI=1S/C27H34FN/c1-2-3-6-21-9-14-24(15-10-21)25-16-11-22(12-17-25)7-4-5-8-23-13-18-26(20-29)27(28)19-23/h4,7,13,18-19,21-22,24-25H,2-3,6,9-12,14-17H2,1H3/b7-4+. The van der Waals surface area contributed by atoms with Crippen molar-refractivity contribution in [3.63, 3.8) is 0 Å². The molecule has 0 aliphatic heterocycles. The molecule has 154 valence electrons. The summed E-state index contributed by atoms with van der Waals surface area (Å²) in [6.07, 6.45) is 19.5. The zero-order valence-corrected chi connectivity index (χ0v) is 17.8. The molecule has 2 aliphatic carbocycles. The Balaban J connectivity index is 1.40.